The summed E-state index contributed by atoms with van der Waals surface area (Å²) in [4.78, 5) is 15.1. The SMILES string of the molecule is CC(C)CN(CC(=O)N(Cc1ccccc1)Cc1ccco1)S(=O)(=O)c1ccccc1. The maximum atomic E-state index is 13.3. The molecule has 0 unspecified atom stereocenters. The first-order chi connectivity index (χ1) is 14.9. The Labute approximate surface area is 184 Å². The quantitative estimate of drug-likeness (QED) is 0.475. The lowest BCUT2D eigenvalue weighted by molar-refractivity contribution is -0.133. The largest absolute Gasteiger partial charge is 0.467 e. The molecule has 0 radical (unpaired) electrons. The van der Waals surface area contributed by atoms with Crippen molar-refractivity contribution in [2.45, 2.75) is 31.8 Å². The van der Waals surface area contributed by atoms with Crippen molar-refractivity contribution >= 4 is 15.9 Å². The second-order valence-corrected chi connectivity index (χ2v) is 9.76. The number of rotatable bonds is 10. The van der Waals surface area contributed by atoms with Gasteiger partial charge in [-0.2, -0.15) is 4.31 Å². The number of sulfonamides is 1. The molecule has 0 atom stereocenters. The van der Waals surface area contributed by atoms with E-state index in [1.807, 2.05) is 44.2 Å². The van der Waals surface area contributed by atoms with Crippen molar-refractivity contribution in [3.05, 3.63) is 90.4 Å². The van der Waals surface area contributed by atoms with E-state index in [4.69, 9.17) is 4.42 Å². The average molecular weight is 441 g/mol. The zero-order valence-electron chi connectivity index (χ0n) is 17.8. The molecule has 31 heavy (non-hydrogen) atoms. The van der Waals surface area contributed by atoms with Crippen LogP contribution in [-0.4, -0.2) is 36.6 Å². The number of carbonyl (C=O) groups is 1. The van der Waals surface area contributed by atoms with Crippen LogP contribution < -0.4 is 0 Å². The van der Waals surface area contributed by atoms with E-state index < -0.39 is 10.0 Å². The van der Waals surface area contributed by atoms with Gasteiger partial charge in [-0.15, -0.1) is 0 Å². The lowest BCUT2D eigenvalue weighted by Gasteiger charge is -2.28. The van der Waals surface area contributed by atoms with Crippen LogP contribution in [-0.2, 0) is 27.9 Å². The predicted octanol–water partition coefficient (Wildman–Crippen LogP) is 4.16. The molecule has 0 aliphatic heterocycles. The highest BCUT2D eigenvalue weighted by Crippen LogP contribution is 2.18. The lowest BCUT2D eigenvalue weighted by atomic mass is 10.2. The number of hydrogen-bond acceptors (Lipinski definition) is 4. The number of amides is 1. The Balaban J connectivity index is 1.85. The molecule has 2 aromatic carbocycles. The normalized spacial score (nSPS) is 11.7. The van der Waals surface area contributed by atoms with Crippen molar-refractivity contribution in [2.24, 2.45) is 5.92 Å². The van der Waals surface area contributed by atoms with Crippen LogP contribution in [0.25, 0.3) is 0 Å². The molecule has 6 nitrogen and oxygen atoms in total. The molecular weight excluding hydrogens is 412 g/mol. The monoisotopic (exact) mass is 440 g/mol. The molecule has 0 saturated carbocycles. The number of nitrogens with zero attached hydrogens (tertiary/aromatic N) is 2. The van der Waals surface area contributed by atoms with E-state index in [-0.39, 0.29) is 36.4 Å². The van der Waals surface area contributed by atoms with Crippen LogP contribution in [0.1, 0.15) is 25.2 Å². The summed E-state index contributed by atoms with van der Waals surface area (Å²) in [5.74, 6) is 0.435. The number of furan rings is 1. The summed E-state index contributed by atoms with van der Waals surface area (Å²) in [6.07, 6.45) is 1.56. The Morgan fingerprint density at radius 1 is 0.903 bits per heavy atom. The Hall–Kier alpha value is -2.90. The van der Waals surface area contributed by atoms with Crippen LogP contribution in [0.2, 0.25) is 0 Å². The molecular formula is C24H28N2O4S. The Morgan fingerprint density at radius 2 is 1.55 bits per heavy atom. The summed E-state index contributed by atoms with van der Waals surface area (Å²) in [6.45, 7) is 4.51. The van der Waals surface area contributed by atoms with Crippen LogP contribution in [0.4, 0.5) is 0 Å². The fraction of sp³-hybridized carbons (Fsp3) is 0.292. The summed E-state index contributed by atoms with van der Waals surface area (Å²) < 4.78 is 33.2. The van der Waals surface area contributed by atoms with Crippen molar-refractivity contribution in [3.8, 4) is 0 Å². The molecule has 0 saturated heterocycles. The minimum atomic E-state index is -3.80. The van der Waals surface area contributed by atoms with Gasteiger partial charge in [0.05, 0.1) is 24.2 Å². The zero-order valence-corrected chi connectivity index (χ0v) is 18.7. The van der Waals surface area contributed by atoms with Crippen LogP contribution in [0, 0.1) is 5.92 Å². The van der Waals surface area contributed by atoms with Crippen LogP contribution in [0.15, 0.2) is 88.4 Å². The third-order valence-electron chi connectivity index (χ3n) is 4.76. The van der Waals surface area contributed by atoms with Crippen LogP contribution in [0.5, 0.6) is 0 Å². The summed E-state index contributed by atoms with van der Waals surface area (Å²) in [6, 6.07) is 21.4. The van der Waals surface area contributed by atoms with Crippen molar-refractivity contribution in [3.63, 3.8) is 0 Å². The predicted molar refractivity (Wildman–Crippen MR) is 119 cm³/mol. The summed E-state index contributed by atoms with van der Waals surface area (Å²) in [5, 5.41) is 0. The molecule has 1 amide bonds. The fourth-order valence-electron chi connectivity index (χ4n) is 3.27. The molecule has 3 aromatic rings. The van der Waals surface area contributed by atoms with E-state index in [1.54, 1.807) is 53.6 Å². The van der Waals surface area contributed by atoms with Gasteiger partial charge in [0.2, 0.25) is 15.9 Å². The van der Waals surface area contributed by atoms with Gasteiger partial charge in [-0.3, -0.25) is 4.79 Å². The second-order valence-electron chi connectivity index (χ2n) is 7.82. The van der Waals surface area contributed by atoms with Gasteiger partial charge in [0.25, 0.3) is 0 Å². The van der Waals surface area contributed by atoms with E-state index in [0.29, 0.717) is 12.3 Å². The van der Waals surface area contributed by atoms with Crippen LogP contribution >= 0.6 is 0 Å². The van der Waals surface area contributed by atoms with E-state index in [0.717, 1.165) is 5.56 Å². The first-order valence-corrected chi connectivity index (χ1v) is 11.7. The van der Waals surface area contributed by atoms with Gasteiger partial charge in [0.15, 0.2) is 0 Å². The molecule has 164 valence electrons. The molecule has 0 fully saturated rings. The van der Waals surface area contributed by atoms with Gasteiger partial charge in [-0.1, -0.05) is 62.4 Å². The lowest BCUT2D eigenvalue weighted by Crippen LogP contribution is -2.43. The third-order valence-corrected chi connectivity index (χ3v) is 6.58. The number of hydrogen-bond donors (Lipinski definition) is 0. The maximum absolute atomic E-state index is 13.3. The summed E-state index contributed by atoms with van der Waals surface area (Å²) >= 11 is 0. The van der Waals surface area contributed by atoms with E-state index >= 15 is 0 Å². The smallest absolute Gasteiger partial charge is 0.243 e. The minimum absolute atomic E-state index is 0.0685. The second kappa shape index (κ2) is 10.4. The maximum Gasteiger partial charge on any atom is 0.243 e. The molecule has 0 aliphatic rings. The molecule has 0 aliphatic carbocycles. The van der Waals surface area contributed by atoms with Gasteiger partial charge >= 0.3 is 0 Å². The van der Waals surface area contributed by atoms with Gasteiger partial charge in [-0.25, -0.2) is 8.42 Å². The molecule has 7 heteroatoms. The number of carbonyl (C=O) groups excluding carboxylic acids is 1. The molecule has 3 rings (SSSR count). The van der Waals surface area contributed by atoms with Crippen LogP contribution in [0.3, 0.4) is 0 Å². The molecule has 0 bridgehead atoms. The Kier molecular flexibility index (Phi) is 7.65. The van der Waals surface area contributed by atoms with Gasteiger partial charge in [0, 0.05) is 13.1 Å². The van der Waals surface area contributed by atoms with E-state index in [1.165, 1.54) is 4.31 Å². The average Bonchev–Trinajstić information content (AvgIpc) is 3.27. The van der Waals surface area contributed by atoms with Crippen molar-refractivity contribution in [1.29, 1.82) is 0 Å². The summed E-state index contributed by atoms with van der Waals surface area (Å²) in [7, 11) is -3.80. The van der Waals surface area contributed by atoms with Crippen molar-refractivity contribution in [1.82, 2.24) is 9.21 Å². The van der Waals surface area contributed by atoms with Crippen molar-refractivity contribution in [2.75, 3.05) is 13.1 Å². The standard InChI is InChI=1S/C24H28N2O4S/c1-20(2)16-26(31(28,29)23-13-7-4-8-14-23)19-24(27)25(18-22-12-9-15-30-22)17-21-10-5-3-6-11-21/h3-15,20H,16-19H2,1-2H3. The Bertz CT molecular complexity index is 1050. The van der Waals surface area contributed by atoms with Crippen molar-refractivity contribution < 1.29 is 17.6 Å². The first kappa shape index (κ1) is 22.8. The molecule has 1 aromatic heterocycles. The first-order valence-electron chi connectivity index (χ1n) is 10.3. The highest BCUT2D eigenvalue weighted by Gasteiger charge is 2.29. The third kappa shape index (κ3) is 6.29. The highest BCUT2D eigenvalue weighted by molar-refractivity contribution is 7.89. The summed E-state index contributed by atoms with van der Waals surface area (Å²) in [5.41, 5.74) is 0.962. The Morgan fingerprint density at radius 3 is 2.13 bits per heavy atom. The van der Waals surface area contributed by atoms with Gasteiger partial charge in [-0.05, 0) is 35.7 Å². The minimum Gasteiger partial charge on any atom is -0.467 e. The zero-order chi connectivity index (χ0) is 22.3. The van der Waals surface area contributed by atoms with Gasteiger partial charge in [0.1, 0.15) is 5.76 Å². The van der Waals surface area contributed by atoms with E-state index in [2.05, 4.69) is 0 Å². The van der Waals surface area contributed by atoms with Gasteiger partial charge < -0.3 is 9.32 Å². The highest BCUT2D eigenvalue weighted by atomic mass is 32.2. The van der Waals surface area contributed by atoms with E-state index in [9.17, 15) is 13.2 Å². The fourth-order valence-corrected chi connectivity index (χ4v) is 4.85. The number of benzene rings is 2. The topological polar surface area (TPSA) is 70.8 Å². The molecule has 0 N–H and O–H groups in total. The molecule has 0 spiro atoms. The molecule has 1 heterocycles.